The number of hydrogen-bond acceptors (Lipinski definition) is 3. The van der Waals surface area contributed by atoms with Crippen LogP contribution in [0.2, 0.25) is 0 Å². The number of fused-ring (bicyclic) bond motifs is 1. The SMILES string of the molecule is O=C(O)[C@@H]1CCC[C@H](C(=O)NCCc2cc3ccccc3o2)C1. The van der Waals surface area contributed by atoms with Crippen LogP contribution < -0.4 is 5.32 Å². The summed E-state index contributed by atoms with van der Waals surface area (Å²) in [6, 6.07) is 9.80. The van der Waals surface area contributed by atoms with E-state index in [2.05, 4.69) is 5.32 Å². The number of carbonyl (C=O) groups excluding carboxylic acids is 1. The van der Waals surface area contributed by atoms with Gasteiger partial charge in [-0.15, -0.1) is 0 Å². The van der Waals surface area contributed by atoms with Crippen molar-refractivity contribution in [1.29, 1.82) is 0 Å². The molecule has 1 aliphatic carbocycles. The Kier molecular flexibility index (Phi) is 4.65. The molecule has 0 radical (unpaired) electrons. The van der Waals surface area contributed by atoms with E-state index in [-0.39, 0.29) is 17.7 Å². The molecule has 1 aliphatic rings. The molecule has 1 saturated carbocycles. The normalized spacial score (nSPS) is 21.2. The van der Waals surface area contributed by atoms with Gasteiger partial charge < -0.3 is 14.8 Å². The van der Waals surface area contributed by atoms with Crippen LogP contribution in [-0.4, -0.2) is 23.5 Å². The number of rotatable bonds is 5. The summed E-state index contributed by atoms with van der Waals surface area (Å²) in [5, 5.41) is 13.1. The third kappa shape index (κ3) is 3.73. The molecule has 1 fully saturated rings. The van der Waals surface area contributed by atoms with Gasteiger partial charge in [0.25, 0.3) is 0 Å². The summed E-state index contributed by atoms with van der Waals surface area (Å²) in [7, 11) is 0. The first kappa shape index (κ1) is 15.6. The maximum atomic E-state index is 12.2. The predicted molar refractivity (Wildman–Crippen MR) is 86.0 cm³/mol. The summed E-state index contributed by atoms with van der Waals surface area (Å²) in [6.45, 7) is 0.507. The highest BCUT2D eigenvalue weighted by atomic mass is 16.4. The third-order valence-corrected chi connectivity index (χ3v) is 4.54. The lowest BCUT2D eigenvalue weighted by Gasteiger charge is -2.25. The predicted octanol–water partition coefficient (Wildman–Crippen LogP) is 2.98. The number of nitrogens with one attached hydrogen (secondary N) is 1. The Hall–Kier alpha value is -2.30. The summed E-state index contributed by atoms with van der Waals surface area (Å²) in [5.41, 5.74) is 0.852. The van der Waals surface area contributed by atoms with Crippen molar-refractivity contribution >= 4 is 22.8 Å². The Bertz CT molecular complexity index is 673. The van der Waals surface area contributed by atoms with Gasteiger partial charge in [-0.25, -0.2) is 0 Å². The van der Waals surface area contributed by atoms with Crippen LogP contribution in [0.4, 0.5) is 0 Å². The van der Waals surface area contributed by atoms with Gasteiger partial charge in [0.1, 0.15) is 11.3 Å². The first-order chi connectivity index (χ1) is 11.1. The Morgan fingerprint density at radius 2 is 2.00 bits per heavy atom. The molecule has 2 atom stereocenters. The molecule has 1 aromatic carbocycles. The van der Waals surface area contributed by atoms with Crippen LogP contribution >= 0.6 is 0 Å². The van der Waals surface area contributed by atoms with Crippen molar-refractivity contribution in [1.82, 2.24) is 5.32 Å². The van der Waals surface area contributed by atoms with E-state index in [1.807, 2.05) is 30.3 Å². The number of furan rings is 1. The van der Waals surface area contributed by atoms with E-state index in [9.17, 15) is 9.59 Å². The molecule has 3 rings (SSSR count). The maximum absolute atomic E-state index is 12.2. The van der Waals surface area contributed by atoms with E-state index in [0.717, 1.165) is 29.6 Å². The van der Waals surface area contributed by atoms with Crippen LogP contribution in [-0.2, 0) is 16.0 Å². The van der Waals surface area contributed by atoms with Crippen LogP contribution in [0.3, 0.4) is 0 Å². The molecule has 0 saturated heterocycles. The van der Waals surface area contributed by atoms with Crippen LogP contribution in [0.25, 0.3) is 11.0 Å². The number of amides is 1. The van der Waals surface area contributed by atoms with Gasteiger partial charge >= 0.3 is 5.97 Å². The van der Waals surface area contributed by atoms with Gasteiger partial charge in [-0.05, 0) is 31.4 Å². The number of carboxylic acids is 1. The molecule has 122 valence electrons. The number of para-hydroxylation sites is 1. The molecule has 1 amide bonds. The van der Waals surface area contributed by atoms with Crippen molar-refractivity contribution in [3.63, 3.8) is 0 Å². The molecule has 2 N–H and O–H groups in total. The van der Waals surface area contributed by atoms with Crippen molar-refractivity contribution in [3.05, 3.63) is 36.1 Å². The first-order valence-corrected chi connectivity index (χ1v) is 8.11. The zero-order valence-corrected chi connectivity index (χ0v) is 13.0. The minimum atomic E-state index is -0.787. The standard InChI is InChI=1S/C18H21NO4/c20-17(13-5-3-6-14(10-13)18(21)22)19-9-8-15-11-12-4-1-2-7-16(12)23-15/h1-2,4,7,11,13-14H,3,5-6,8-10H2,(H,19,20)(H,21,22)/t13-,14+/m0/s1. The topological polar surface area (TPSA) is 79.5 Å². The maximum Gasteiger partial charge on any atom is 0.306 e. The first-order valence-electron chi connectivity index (χ1n) is 8.11. The molecule has 1 aromatic heterocycles. The summed E-state index contributed by atoms with van der Waals surface area (Å²) in [6.07, 6.45) is 3.35. The quantitative estimate of drug-likeness (QED) is 0.889. The monoisotopic (exact) mass is 315 g/mol. The average molecular weight is 315 g/mol. The van der Waals surface area contributed by atoms with Gasteiger partial charge in [0, 0.05) is 24.3 Å². The van der Waals surface area contributed by atoms with E-state index in [1.165, 1.54) is 0 Å². The van der Waals surface area contributed by atoms with Gasteiger partial charge in [-0.3, -0.25) is 9.59 Å². The molecule has 5 nitrogen and oxygen atoms in total. The molecular formula is C18H21NO4. The second kappa shape index (κ2) is 6.86. The summed E-state index contributed by atoms with van der Waals surface area (Å²) >= 11 is 0. The average Bonchev–Trinajstić information content (AvgIpc) is 2.97. The van der Waals surface area contributed by atoms with Gasteiger partial charge in [0.05, 0.1) is 5.92 Å². The molecule has 0 bridgehead atoms. The second-order valence-electron chi connectivity index (χ2n) is 6.19. The summed E-state index contributed by atoms with van der Waals surface area (Å²) < 4.78 is 5.71. The summed E-state index contributed by atoms with van der Waals surface area (Å²) in [5.74, 6) is -0.536. The second-order valence-corrected chi connectivity index (χ2v) is 6.19. The van der Waals surface area contributed by atoms with Crippen molar-refractivity contribution < 1.29 is 19.1 Å². The van der Waals surface area contributed by atoms with E-state index in [0.29, 0.717) is 25.8 Å². The zero-order valence-electron chi connectivity index (χ0n) is 13.0. The minimum Gasteiger partial charge on any atom is -0.481 e. The molecule has 0 unspecified atom stereocenters. The smallest absolute Gasteiger partial charge is 0.306 e. The molecular weight excluding hydrogens is 294 g/mol. The molecule has 1 heterocycles. The third-order valence-electron chi connectivity index (χ3n) is 4.54. The van der Waals surface area contributed by atoms with Crippen molar-refractivity contribution in [2.24, 2.45) is 11.8 Å². The highest BCUT2D eigenvalue weighted by Gasteiger charge is 2.30. The highest BCUT2D eigenvalue weighted by molar-refractivity contribution is 5.80. The van der Waals surface area contributed by atoms with Crippen LogP contribution in [0.1, 0.15) is 31.4 Å². The van der Waals surface area contributed by atoms with Crippen LogP contribution in [0, 0.1) is 11.8 Å². The number of carbonyl (C=O) groups is 2. The minimum absolute atomic E-state index is 0.0351. The Labute approximate surface area is 134 Å². The molecule has 0 spiro atoms. The van der Waals surface area contributed by atoms with Gasteiger partial charge in [-0.1, -0.05) is 24.6 Å². The fourth-order valence-electron chi connectivity index (χ4n) is 3.27. The molecule has 0 aliphatic heterocycles. The lowest BCUT2D eigenvalue weighted by molar-refractivity contribution is -0.144. The van der Waals surface area contributed by atoms with E-state index in [1.54, 1.807) is 0 Å². The lowest BCUT2D eigenvalue weighted by Crippen LogP contribution is -2.36. The van der Waals surface area contributed by atoms with E-state index in [4.69, 9.17) is 9.52 Å². The molecule has 23 heavy (non-hydrogen) atoms. The van der Waals surface area contributed by atoms with Crippen molar-refractivity contribution in [2.75, 3.05) is 6.54 Å². The Morgan fingerprint density at radius 3 is 2.78 bits per heavy atom. The fraction of sp³-hybridized carbons (Fsp3) is 0.444. The van der Waals surface area contributed by atoms with Gasteiger partial charge in [0.15, 0.2) is 0 Å². The highest BCUT2D eigenvalue weighted by Crippen LogP contribution is 2.29. The Balaban J connectivity index is 1.50. The van der Waals surface area contributed by atoms with E-state index < -0.39 is 5.97 Å². The van der Waals surface area contributed by atoms with Gasteiger partial charge in [0.2, 0.25) is 5.91 Å². The lowest BCUT2D eigenvalue weighted by atomic mass is 9.81. The van der Waals surface area contributed by atoms with E-state index >= 15 is 0 Å². The number of aliphatic carboxylic acids is 1. The van der Waals surface area contributed by atoms with Crippen molar-refractivity contribution in [2.45, 2.75) is 32.1 Å². The largest absolute Gasteiger partial charge is 0.481 e. The van der Waals surface area contributed by atoms with Gasteiger partial charge in [-0.2, -0.15) is 0 Å². The number of hydrogen-bond donors (Lipinski definition) is 2. The van der Waals surface area contributed by atoms with Crippen molar-refractivity contribution in [3.8, 4) is 0 Å². The Morgan fingerprint density at radius 1 is 1.22 bits per heavy atom. The van der Waals surface area contributed by atoms with Crippen LogP contribution in [0.15, 0.2) is 34.7 Å². The molecule has 5 heteroatoms. The number of carboxylic acid groups (broad SMARTS) is 1. The summed E-state index contributed by atoms with van der Waals surface area (Å²) in [4.78, 5) is 23.3. The zero-order chi connectivity index (χ0) is 16.2. The van der Waals surface area contributed by atoms with Crippen LogP contribution in [0.5, 0.6) is 0 Å². The number of benzene rings is 1. The fourth-order valence-corrected chi connectivity index (χ4v) is 3.27. The molecule has 2 aromatic rings.